The van der Waals surface area contributed by atoms with Gasteiger partial charge in [0.15, 0.2) is 18.0 Å². The van der Waals surface area contributed by atoms with Gasteiger partial charge in [0.05, 0.1) is 0 Å². The Morgan fingerprint density at radius 2 is 1.36 bits per heavy atom. The summed E-state index contributed by atoms with van der Waals surface area (Å²) in [7, 11) is 0. The lowest BCUT2D eigenvalue weighted by atomic mass is 10.0. The van der Waals surface area contributed by atoms with E-state index in [1.165, 1.54) is 45.4 Å². The van der Waals surface area contributed by atoms with Gasteiger partial charge in [-0.2, -0.15) is 0 Å². The van der Waals surface area contributed by atoms with Crippen LogP contribution in [0.15, 0.2) is 24.3 Å². The first-order valence-electron chi connectivity index (χ1n) is 12.7. The predicted octanol–water partition coefficient (Wildman–Crippen LogP) is 6.14. The molecule has 186 valence electrons. The van der Waals surface area contributed by atoms with Gasteiger partial charge >= 0.3 is 5.97 Å². The first kappa shape index (κ1) is 28.7. The van der Waals surface area contributed by atoms with E-state index >= 15 is 0 Å². The number of hydrogen-bond acceptors (Lipinski definition) is 5. The number of ether oxygens (including phenoxy) is 2. The van der Waals surface area contributed by atoms with Crippen LogP contribution in [0.25, 0.3) is 0 Å². The fourth-order valence-corrected chi connectivity index (χ4v) is 3.56. The van der Waals surface area contributed by atoms with Crippen LogP contribution < -0.4 is 10.5 Å². The zero-order chi connectivity index (χ0) is 24.5. The average Bonchev–Trinajstić information content (AvgIpc) is 2.80. The Hall–Kier alpha value is -2.37. The molecule has 1 aromatic carbocycles. The van der Waals surface area contributed by atoms with Crippen molar-refractivity contribution in [3.63, 3.8) is 0 Å². The van der Waals surface area contributed by atoms with Crippen LogP contribution in [0.1, 0.15) is 115 Å². The zero-order valence-electron chi connectivity index (χ0n) is 20.8. The van der Waals surface area contributed by atoms with E-state index in [1.54, 1.807) is 24.3 Å². The second-order valence-electron chi connectivity index (χ2n) is 8.76. The number of nitrogens with two attached hydrogens (primary N) is 1. The molecule has 0 heterocycles. The van der Waals surface area contributed by atoms with E-state index < -0.39 is 24.1 Å². The number of benzene rings is 1. The first-order valence-corrected chi connectivity index (χ1v) is 12.7. The van der Waals surface area contributed by atoms with Gasteiger partial charge in [-0.05, 0) is 50.5 Å². The van der Waals surface area contributed by atoms with Gasteiger partial charge in [0.2, 0.25) is 0 Å². The average molecular weight is 462 g/mol. The maximum atomic E-state index is 12.6. The SMILES string of the molecule is CCCCCCCCC(Oc1ccc(C(=O)CCCCCCC)cc1)C(=O)O[C@@H](C)C(N)=O. The van der Waals surface area contributed by atoms with Crippen molar-refractivity contribution in [3.05, 3.63) is 29.8 Å². The fraction of sp³-hybridized carbons (Fsp3) is 0.667. The number of carbonyl (C=O) groups excluding carboxylic acids is 3. The molecule has 0 bridgehead atoms. The van der Waals surface area contributed by atoms with Crippen LogP contribution >= 0.6 is 0 Å². The highest BCUT2D eigenvalue weighted by atomic mass is 16.6. The molecule has 33 heavy (non-hydrogen) atoms. The normalized spacial score (nSPS) is 12.7. The van der Waals surface area contributed by atoms with Crippen LogP contribution in [0.5, 0.6) is 5.75 Å². The molecular weight excluding hydrogens is 418 g/mol. The topological polar surface area (TPSA) is 95.7 Å². The summed E-state index contributed by atoms with van der Waals surface area (Å²) in [6.45, 7) is 5.79. The lowest BCUT2D eigenvalue weighted by molar-refractivity contribution is -0.161. The lowest BCUT2D eigenvalue weighted by Crippen LogP contribution is -2.37. The summed E-state index contributed by atoms with van der Waals surface area (Å²) < 4.78 is 11.1. The van der Waals surface area contributed by atoms with Crippen molar-refractivity contribution in [1.82, 2.24) is 0 Å². The number of rotatable bonds is 19. The van der Waals surface area contributed by atoms with Crippen molar-refractivity contribution in [2.75, 3.05) is 0 Å². The second-order valence-corrected chi connectivity index (χ2v) is 8.76. The van der Waals surface area contributed by atoms with Crippen molar-refractivity contribution in [1.29, 1.82) is 0 Å². The second kappa shape index (κ2) is 17.2. The van der Waals surface area contributed by atoms with Crippen molar-refractivity contribution in [2.45, 2.75) is 116 Å². The molecule has 0 radical (unpaired) electrons. The first-order chi connectivity index (χ1) is 15.9. The van der Waals surface area contributed by atoms with Crippen LogP contribution in [0.2, 0.25) is 0 Å². The van der Waals surface area contributed by atoms with E-state index in [1.807, 2.05) is 0 Å². The number of amides is 1. The molecule has 0 saturated carbocycles. The van der Waals surface area contributed by atoms with Gasteiger partial charge in [-0.3, -0.25) is 9.59 Å². The van der Waals surface area contributed by atoms with E-state index in [2.05, 4.69) is 13.8 Å². The van der Waals surface area contributed by atoms with E-state index in [-0.39, 0.29) is 5.78 Å². The van der Waals surface area contributed by atoms with Gasteiger partial charge in [0.25, 0.3) is 5.91 Å². The monoisotopic (exact) mass is 461 g/mol. The maximum absolute atomic E-state index is 12.6. The smallest absolute Gasteiger partial charge is 0.348 e. The summed E-state index contributed by atoms with van der Waals surface area (Å²) in [5.74, 6) is -0.674. The minimum Gasteiger partial charge on any atom is -0.479 e. The van der Waals surface area contributed by atoms with E-state index in [9.17, 15) is 14.4 Å². The largest absolute Gasteiger partial charge is 0.479 e. The van der Waals surface area contributed by atoms with E-state index in [4.69, 9.17) is 15.2 Å². The van der Waals surface area contributed by atoms with Crippen LogP contribution in [-0.4, -0.2) is 29.9 Å². The van der Waals surface area contributed by atoms with Gasteiger partial charge in [-0.25, -0.2) is 4.79 Å². The number of primary amides is 1. The molecule has 1 rings (SSSR count). The summed E-state index contributed by atoms with van der Waals surface area (Å²) in [5, 5.41) is 0. The molecule has 2 atom stereocenters. The van der Waals surface area contributed by atoms with Gasteiger partial charge in [0, 0.05) is 12.0 Å². The number of carbonyl (C=O) groups is 3. The molecule has 1 unspecified atom stereocenters. The number of hydrogen-bond donors (Lipinski definition) is 1. The molecule has 0 aromatic heterocycles. The standard InChI is InChI=1S/C27H43NO5/c1-4-6-8-10-12-14-16-25(27(31)32-21(3)26(28)30)33-23-19-17-22(18-20-23)24(29)15-13-11-9-7-5-2/h17-21,25H,4-16H2,1-3H3,(H2,28,30)/t21-,25?/m0/s1. The Balaban J connectivity index is 2.65. The number of unbranched alkanes of at least 4 members (excludes halogenated alkanes) is 9. The van der Waals surface area contributed by atoms with Crippen molar-refractivity contribution in [3.8, 4) is 5.75 Å². The Bertz CT molecular complexity index is 701. The molecule has 0 saturated heterocycles. The number of esters is 1. The number of Topliss-reactive ketones (excluding diaryl/α,β-unsaturated/α-hetero) is 1. The van der Waals surface area contributed by atoms with Crippen LogP contribution in [0, 0.1) is 0 Å². The molecule has 0 aliphatic heterocycles. The highest BCUT2D eigenvalue weighted by Crippen LogP contribution is 2.20. The Kier molecular flexibility index (Phi) is 14.9. The Morgan fingerprint density at radius 3 is 1.94 bits per heavy atom. The molecule has 0 aliphatic carbocycles. The highest BCUT2D eigenvalue weighted by Gasteiger charge is 2.25. The molecule has 0 spiro atoms. The molecular formula is C27H43NO5. The van der Waals surface area contributed by atoms with Gasteiger partial charge in [-0.15, -0.1) is 0 Å². The minimum atomic E-state index is -1.01. The van der Waals surface area contributed by atoms with Crippen LogP contribution in [-0.2, 0) is 14.3 Å². The summed E-state index contributed by atoms with van der Waals surface area (Å²) in [4.78, 5) is 36.3. The predicted molar refractivity (Wildman–Crippen MR) is 131 cm³/mol. The maximum Gasteiger partial charge on any atom is 0.348 e. The quantitative estimate of drug-likeness (QED) is 0.151. The molecule has 1 amide bonds. The van der Waals surface area contributed by atoms with Gasteiger partial charge < -0.3 is 15.2 Å². The van der Waals surface area contributed by atoms with Crippen molar-refractivity contribution < 1.29 is 23.9 Å². The summed E-state index contributed by atoms with van der Waals surface area (Å²) in [5.41, 5.74) is 5.87. The third kappa shape index (κ3) is 12.4. The third-order valence-electron chi connectivity index (χ3n) is 5.74. The Morgan fingerprint density at radius 1 is 0.818 bits per heavy atom. The van der Waals surface area contributed by atoms with Crippen LogP contribution in [0.4, 0.5) is 0 Å². The minimum absolute atomic E-state index is 0.122. The van der Waals surface area contributed by atoms with Crippen LogP contribution in [0.3, 0.4) is 0 Å². The van der Waals surface area contributed by atoms with Gasteiger partial charge in [-0.1, -0.05) is 71.6 Å². The molecule has 6 heteroatoms. The van der Waals surface area contributed by atoms with Gasteiger partial charge in [0.1, 0.15) is 5.75 Å². The summed E-state index contributed by atoms with van der Waals surface area (Å²) >= 11 is 0. The fourth-order valence-electron chi connectivity index (χ4n) is 3.56. The summed E-state index contributed by atoms with van der Waals surface area (Å²) in [6, 6.07) is 6.90. The zero-order valence-corrected chi connectivity index (χ0v) is 20.8. The molecule has 0 aliphatic rings. The lowest BCUT2D eigenvalue weighted by Gasteiger charge is -2.20. The highest BCUT2D eigenvalue weighted by molar-refractivity contribution is 5.96. The molecule has 1 aromatic rings. The molecule has 0 fully saturated rings. The summed E-state index contributed by atoms with van der Waals surface area (Å²) in [6.07, 6.45) is 11.3. The Labute approximate surface area is 199 Å². The van der Waals surface area contributed by atoms with E-state index in [0.717, 1.165) is 32.1 Å². The molecule has 2 N–H and O–H groups in total. The van der Waals surface area contributed by atoms with E-state index in [0.29, 0.717) is 24.2 Å². The van der Waals surface area contributed by atoms with Crippen molar-refractivity contribution >= 4 is 17.7 Å². The molecule has 6 nitrogen and oxygen atoms in total. The third-order valence-corrected chi connectivity index (χ3v) is 5.74. The van der Waals surface area contributed by atoms with Crippen molar-refractivity contribution in [2.24, 2.45) is 5.73 Å². The number of ketones is 1.